The summed E-state index contributed by atoms with van der Waals surface area (Å²) in [5.41, 5.74) is 2.82. The van der Waals surface area contributed by atoms with Crippen molar-refractivity contribution in [3.8, 4) is 5.69 Å². The number of rotatable bonds is 4. The Morgan fingerprint density at radius 1 is 1.03 bits per heavy atom. The lowest BCUT2D eigenvalue weighted by molar-refractivity contribution is 0.125. The van der Waals surface area contributed by atoms with Crippen LogP contribution < -0.4 is 10.5 Å². The second-order valence-electron chi connectivity index (χ2n) is 8.53. The highest BCUT2D eigenvalue weighted by molar-refractivity contribution is 5.58. The molecule has 1 fully saturated rings. The number of alkyl halides is 1. The molecule has 0 amide bonds. The van der Waals surface area contributed by atoms with E-state index in [0.29, 0.717) is 43.0 Å². The number of hydrogen-bond donors (Lipinski definition) is 0. The van der Waals surface area contributed by atoms with Gasteiger partial charge in [0.1, 0.15) is 17.3 Å². The van der Waals surface area contributed by atoms with Crippen molar-refractivity contribution in [3.63, 3.8) is 0 Å². The summed E-state index contributed by atoms with van der Waals surface area (Å²) >= 11 is 0. The molecule has 0 unspecified atom stereocenters. The van der Waals surface area contributed by atoms with E-state index < -0.39 is 5.67 Å². The Morgan fingerprint density at radius 3 is 2.42 bits per heavy atom. The van der Waals surface area contributed by atoms with Crippen LogP contribution in [0.25, 0.3) is 5.69 Å². The second kappa shape index (κ2) is 8.25. The fraction of sp³-hybridized carbons (Fsp3) is 0.360. The number of hydrogen-bond acceptors (Lipinski definition) is 3. The van der Waals surface area contributed by atoms with Gasteiger partial charge < -0.3 is 4.90 Å². The monoisotopic (exact) mass is 423 g/mol. The molecule has 1 aromatic heterocycles. The summed E-state index contributed by atoms with van der Waals surface area (Å²) < 4.78 is 30.4. The summed E-state index contributed by atoms with van der Waals surface area (Å²) in [4.78, 5) is 19.0. The first-order valence-corrected chi connectivity index (χ1v) is 10.6. The third-order valence-corrected chi connectivity index (χ3v) is 6.06. The van der Waals surface area contributed by atoms with Crippen LogP contribution in [0.3, 0.4) is 0 Å². The van der Waals surface area contributed by atoms with Gasteiger partial charge in [-0.2, -0.15) is 0 Å². The van der Waals surface area contributed by atoms with E-state index in [9.17, 15) is 9.18 Å². The number of piperidine rings is 1. The smallest absolute Gasteiger partial charge is 0.258 e. The van der Waals surface area contributed by atoms with Gasteiger partial charge in [0.15, 0.2) is 0 Å². The zero-order valence-electron chi connectivity index (χ0n) is 18.2. The Hall–Kier alpha value is -3.02. The first-order chi connectivity index (χ1) is 14.7. The van der Waals surface area contributed by atoms with Crippen LogP contribution in [0.2, 0.25) is 0 Å². The van der Waals surface area contributed by atoms with Crippen molar-refractivity contribution in [3.05, 3.63) is 87.3 Å². The summed E-state index contributed by atoms with van der Waals surface area (Å²) in [5, 5.41) is 0. The third-order valence-electron chi connectivity index (χ3n) is 6.06. The zero-order chi connectivity index (χ0) is 22.2. The van der Waals surface area contributed by atoms with E-state index in [1.54, 1.807) is 16.7 Å². The molecule has 1 saturated heterocycles. The van der Waals surface area contributed by atoms with Crippen LogP contribution in [0, 0.1) is 26.6 Å². The van der Waals surface area contributed by atoms with Gasteiger partial charge in [-0.25, -0.2) is 13.8 Å². The molecule has 2 heterocycles. The van der Waals surface area contributed by atoms with Crippen molar-refractivity contribution in [1.29, 1.82) is 0 Å². The van der Waals surface area contributed by atoms with E-state index in [-0.39, 0.29) is 17.8 Å². The molecule has 6 heteroatoms. The summed E-state index contributed by atoms with van der Waals surface area (Å²) in [5.74, 6) is 0.321. The average molecular weight is 424 g/mol. The molecule has 0 saturated carbocycles. The van der Waals surface area contributed by atoms with Crippen molar-refractivity contribution >= 4 is 5.69 Å². The molecule has 0 spiro atoms. The highest BCUT2D eigenvalue weighted by Crippen LogP contribution is 2.34. The lowest BCUT2D eigenvalue weighted by Gasteiger charge is -2.38. The summed E-state index contributed by atoms with van der Waals surface area (Å²) in [6.45, 7) is 6.82. The van der Waals surface area contributed by atoms with Gasteiger partial charge in [0.2, 0.25) is 0 Å². The molecule has 31 heavy (non-hydrogen) atoms. The SMILES string of the molecule is Cc1cc(=O)n(-c2ccc(N3CCC(F)(Cc4cccc(F)c4)CC3)c(C)c2)c(C)n1. The van der Waals surface area contributed by atoms with Crippen LogP contribution in [-0.2, 0) is 6.42 Å². The Bertz CT molecular complexity index is 1160. The van der Waals surface area contributed by atoms with Crippen LogP contribution in [0.4, 0.5) is 14.5 Å². The molecule has 4 rings (SSSR count). The minimum Gasteiger partial charge on any atom is -0.371 e. The zero-order valence-corrected chi connectivity index (χ0v) is 18.2. The predicted octanol–water partition coefficient (Wildman–Crippen LogP) is 4.85. The molecule has 0 N–H and O–H groups in total. The van der Waals surface area contributed by atoms with Crippen molar-refractivity contribution < 1.29 is 8.78 Å². The minimum absolute atomic E-state index is 0.102. The largest absolute Gasteiger partial charge is 0.371 e. The maximum absolute atomic E-state index is 15.4. The summed E-state index contributed by atoms with van der Waals surface area (Å²) in [6.07, 6.45) is 1.02. The van der Waals surface area contributed by atoms with Crippen molar-refractivity contribution in [2.24, 2.45) is 0 Å². The molecular weight excluding hydrogens is 396 g/mol. The Kier molecular flexibility index (Phi) is 5.65. The molecule has 0 bridgehead atoms. The number of anilines is 1. The van der Waals surface area contributed by atoms with E-state index in [1.807, 2.05) is 39.0 Å². The van der Waals surface area contributed by atoms with E-state index in [4.69, 9.17) is 0 Å². The lowest BCUT2D eigenvalue weighted by atomic mass is 9.86. The summed E-state index contributed by atoms with van der Waals surface area (Å²) in [7, 11) is 0. The molecule has 1 aliphatic rings. The van der Waals surface area contributed by atoms with Gasteiger partial charge in [0.05, 0.1) is 5.69 Å². The van der Waals surface area contributed by atoms with Crippen LogP contribution in [0.1, 0.15) is 35.5 Å². The molecule has 162 valence electrons. The Labute approximate surface area is 181 Å². The number of halogens is 2. The predicted molar refractivity (Wildman–Crippen MR) is 119 cm³/mol. The average Bonchev–Trinajstić information content (AvgIpc) is 2.68. The quantitative estimate of drug-likeness (QED) is 0.602. The number of nitrogens with zero attached hydrogens (tertiary/aromatic N) is 3. The van der Waals surface area contributed by atoms with E-state index >= 15 is 4.39 Å². The molecule has 4 nitrogen and oxygen atoms in total. The maximum atomic E-state index is 15.4. The van der Waals surface area contributed by atoms with Gasteiger partial charge >= 0.3 is 0 Å². The number of aromatic nitrogens is 2. The molecule has 0 aliphatic carbocycles. The second-order valence-corrected chi connectivity index (χ2v) is 8.53. The van der Waals surface area contributed by atoms with Gasteiger partial charge in [-0.15, -0.1) is 0 Å². The molecule has 2 aromatic carbocycles. The van der Waals surface area contributed by atoms with Crippen molar-refractivity contribution in [1.82, 2.24) is 9.55 Å². The Morgan fingerprint density at radius 2 is 1.77 bits per heavy atom. The van der Waals surface area contributed by atoms with E-state index in [2.05, 4.69) is 9.88 Å². The molecule has 1 aliphatic heterocycles. The molecule has 3 aromatic rings. The third kappa shape index (κ3) is 4.53. The number of aryl methyl sites for hydroxylation is 3. The van der Waals surface area contributed by atoms with Gasteiger partial charge in [0, 0.05) is 37.0 Å². The standard InChI is InChI=1S/C25H27F2N3O/c1-17-13-22(30-19(3)28-18(2)14-24(30)31)7-8-23(17)29-11-9-25(27,10-12-29)16-20-5-4-6-21(26)15-20/h4-8,13-15H,9-12,16H2,1-3H3. The van der Waals surface area contributed by atoms with E-state index in [1.165, 1.54) is 18.2 Å². The van der Waals surface area contributed by atoms with Gasteiger partial charge in [0.25, 0.3) is 5.56 Å². The van der Waals surface area contributed by atoms with Gasteiger partial charge in [-0.1, -0.05) is 12.1 Å². The van der Waals surface area contributed by atoms with Gasteiger partial charge in [-0.3, -0.25) is 9.36 Å². The fourth-order valence-electron chi connectivity index (χ4n) is 4.53. The first-order valence-electron chi connectivity index (χ1n) is 10.6. The van der Waals surface area contributed by atoms with Crippen LogP contribution in [0.5, 0.6) is 0 Å². The maximum Gasteiger partial charge on any atom is 0.258 e. The highest BCUT2D eigenvalue weighted by Gasteiger charge is 2.35. The minimum atomic E-state index is -1.32. The highest BCUT2D eigenvalue weighted by atomic mass is 19.1. The van der Waals surface area contributed by atoms with E-state index in [0.717, 1.165) is 16.9 Å². The topological polar surface area (TPSA) is 38.1 Å². The molecular formula is C25H27F2N3O. The first kappa shape index (κ1) is 21.2. The lowest BCUT2D eigenvalue weighted by Crippen LogP contribution is -2.43. The Balaban J connectivity index is 1.50. The van der Waals surface area contributed by atoms with Crippen LogP contribution in [0.15, 0.2) is 53.3 Å². The summed E-state index contributed by atoms with van der Waals surface area (Å²) in [6, 6.07) is 13.6. The van der Waals surface area contributed by atoms with Crippen molar-refractivity contribution in [2.75, 3.05) is 18.0 Å². The molecule has 0 atom stereocenters. The molecule has 0 radical (unpaired) electrons. The van der Waals surface area contributed by atoms with Crippen LogP contribution >= 0.6 is 0 Å². The van der Waals surface area contributed by atoms with Crippen LogP contribution in [-0.4, -0.2) is 28.3 Å². The fourth-order valence-corrected chi connectivity index (χ4v) is 4.53. The van der Waals surface area contributed by atoms with Gasteiger partial charge in [-0.05, 0) is 75.1 Å². The van der Waals surface area contributed by atoms with Crippen molar-refractivity contribution in [2.45, 2.75) is 45.7 Å². The number of benzene rings is 2. The normalized spacial score (nSPS) is 15.8.